The van der Waals surface area contributed by atoms with Crippen LogP contribution in [-0.4, -0.2) is 29.0 Å². The molecule has 0 unspecified atom stereocenters. The maximum atomic E-state index is 13.0. The van der Waals surface area contributed by atoms with Crippen molar-refractivity contribution in [2.75, 3.05) is 22.5 Å². The highest BCUT2D eigenvalue weighted by atomic mass is 32.2. The van der Waals surface area contributed by atoms with Gasteiger partial charge in [0.25, 0.3) is 11.6 Å². The van der Waals surface area contributed by atoms with Crippen LogP contribution in [0.2, 0.25) is 0 Å². The number of para-hydroxylation sites is 2. The lowest BCUT2D eigenvalue weighted by molar-refractivity contribution is -0.387. The molecule has 0 aromatic heterocycles. The Kier molecular flexibility index (Phi) is 5.99. The standard InChI is InChI=1S/C20H21N3O4S/c1-13(2)9-10-28-18-8-7-14(11-17(18)23(26)27)20(25)22-12-19(24)21-15-5-3-4-6-16(15)22/h3-8,11,13H,9-10,12H2,1-2H3,(H,21,24). The summed E-state index contributed by atoms with van der Waals surface area (Å²) in [6.07, 6.45) is 0.947. The first kappa shape index (κ1) is 19.9. The molecule has 0 fully saturated rings. The molecule has 1 N–H and O–H groups in total. The average molecular weight is 399 g/mol. The summed E-state index contributed by atoms with van der Waals surface area (Å²) in [5.41, 5.74) is 1.21. The lowest BCUT2D eigenvalue weighted by Gasteiger charge is -2.29. The van der Waals surface area contributed by atoms with Gasteiger partial charge >= 0.3 is 0 Å². The Morgan fingerprint density at radius 2 is 2.04 bits per heavy atom. The van der Waals surface area contributed by atoms with E-state index in [4.69, 9.17) is 0 Å². The molecule has 28 heavy (non-hydrogen) atoms. The van der Waals surface area contributed by atoms with Gasteiger partial charge in [-0.3, -0.25) is 24.6 Å². The number of rotatable bonds is 6. The second kappa shape index (κ2) is 8.43. The van der Waals surface area contributed by atoms with Crippen LogP contribution in [0.25, 0.3) is 0 Å². The molecule has 3 rings (SSSR count). The van der Waals surface area contributed by atoms with E-state index >= 15 is 0 Å². The molecule has 0 bridgehead atoms. The molecule has 2 aromatic rings. The number of benzene rings is 2. The van der Waals surface area contributed by atoms with E-state index in [1.165, 1.54) is 22.7 Å². The Hall–Kier alpha value is -2.87. The monoisotopic (exact) mass is 399 g/mol. The first-order chi connectivity index (χ1) is 13.4. The summed E-state index contributed by atoms with van der Waals surface area (Å²) in [6.45, 7) is 4.07. The van der Waals surface area contributed by atoms with Crippen LogP contribution in [0, 0.1) is 16.0 Å². The molecule has 7 nitrogen and oxygen atoms in total. The van der Waals surface area contributed by atoms with Crippen molar-refractivity contribution >= 4 is 40.6 Å². The maximum absolute atomic E-state index is 13.0. The Morgan fingerprint density at radius 1 is 1.29 bits per heavy atom. The van der Waals surface area contributed by atoms with Gasteiger partial charge in [-0.15, -0.1) is 11.8 Å². The van der Waals surface area contributed by atoms with Crippen LogP contribution in [0.5, 0.6) is 0 Å². The minimum atomic E-state index is -0.467. The van der Waals surface area contributed by atoms with Crippen LogP contribution < -0.4 is 10.2 Å². The third kappa shape index (κ3) is 4.33. The van der Waals surface area contributed by atoms with Crippen LogP contribution in [0.15, 0.2) is 47.4 Å². The molecule has 2 aromatic carbocycles. The fraction of sp³-hybridized carbons (Fsp3) is 0.300. The van der Waals surface area contributed by atoms with Crippen LogP contribution in [-0.2, 0) is 4.79 Å². The molecule has 8 heteroatoms. The number of fused-ring (bicyclic) bond motifs is 1. The zero-order valence-electron chi connectivity index (χ0n) is 15.7. The Balaban J connectivity index is 1.89. The predicted molar refractivity (Wildman–Crippen MR) is 110 cm³/mol. The summed E-state index contributed by atoms with van der Waals surface area (Å²) in [5.74, 6) is 0.537. The highest BCUT2D eigenvalue weighted by Crippen LogP contribution is 2.34. The Morgan fingerprint density at radius 3 is 2.75 bits per heavy atom. The summed E-state index contributed by atoms with van der Waals surface area (Å²) >= 11 is 1.42. The smallest absolute Gasteiger partial charge is 0.283 e. The molecular formula is C20H21N3O4S. The number of carbonyl (C=O) groups excluding carboxylic acids is 2. The summed E-state index contributed by atoms with van der Waals surface area (Å²) in [4.78, 5) is 37.9. The Labute approximate surface area is 167 Å². The molecule has 1 aliphatic rings. The van der Waals surface area contributed by atoms with Gasteiger partial charge in [-0.1, -0.05) is 26.0 Å². The molecule has 0 saturated carbocycles. The molecule has 0 radical (unpaired) electrons. The number of nitro benzene ring substituents is 1. The van der Waals surface area contributed by atoms with E-state index in [1.807, 2.05) is 0 Å². The number of hydrogen-bond acceptors (Lipinski definition) is 5. The van der Waals surface area contributed by atoms with Crippen molar-refractivity contribution in [2.24, 2.45) is 5.92 Å². The van der Waals surface area contributed by atoms with Gasteiger partial charge in [-0.25, -0.2) is 0 Å². The van der Waals surface area contributed by atoms with Gasteiger partial charge in [0.05, 0.1) is 21.2 Å². The molecule has 1 aliphatic heterocycles. The molecule has 2 amide bonds. The second-order valence-corrected chi connectivity index (χ2v) is 8.06. The van der Waals surface area contributed by atoms with E-state index in [0.717, 1.165) is 12.2 Å². The number of thioether (sulfide) groups is 1. The topological polar surface area (TPSA) is 92.6 Å². The number of nitro groups is 1. The van der Waals surface area contributed by atoms with Gasteiger partial charge in [0.2, 0.25) is 5.91 Å². The average Bonchev–Trinajstić information content (AvgIpc) is 2.66. The third-order valence-corrected chi connectivity index (χ3v) is 5.47. The second-order valence-electron chi connectivity index (χ2n) is 6.93. The molecular weight excluding hydrogens is 378 g/mol. The number of anilines is 2. The Bertz CT molecular complexity index is 929. The van der Waals surface area contributed by atoms with E-state index in [0.29, 0.717) is 22.2 Å². The first-order valence-corrected chi connectivity index (χ1v) is 9.97. The number of nitrogens with one attached hydrogen (secondary N) is 1. The highest BCUT2D eigenvalue weighted by Gasteiger charge is 2.28. The zero-order chi connectivity index (χ0) is 20.3. The number of carbonyl (C=O) groups is 2. The molecule has 146 valence electrons. The van der Waals surface area contributed by atoms with E-state index in [-0.39, 0.29) is 23.7 Å². The normalized spacial score (nSPS) is 13.2. The van der Waals surface area contributed by atoms with Crippen molar-refractivity contribution in [3.05, 3.63) is 58.1 Å². The van der Waals surface area contributed by atoms with Crippen molar-refractivity contribution < 1.29 is 14.5 Å². The van der Waals surface area contributed by atoms with Crippen molar-refractivity contribution in [3.8, 4) is 0 Å². The largest absolute Gasteiger partial charge is 0.323 e. The minimum absolute atomic E-state index is 0.0886. The van der Waals surface area contributed by atoms with E-state index in [9.17, 15) is 19.7 Å². The first-order valence-electron chi connectivity index (χ1n) is 8.99. The van der Waals surface area contributed by atoms with Crippen molar-refractivity contribution in [3.63, 3.8) is 0 Å². The number of nitrogens with zero attached hydrogens (tertiary/aromatic N) is 2. The van der Waals surface area contributed by atoms with Crippen molar-refractivity contribution in [1.29, 1.82) is 0 Å². The summed E-state index contributed by atoms with van der Waals surface area (Å²) in [7, 11) is 0. The predicted octanol–water partition coefficient (Wildman–Crippen LogP) is 4.33. The quantitative estimate of drug-likeness (QED) is 0.443. The fourth-order valence-electron chi connectivity index (χ4n) is 2.89. The van der Waals surface area contributed by atoms with Crippen molar-refractivity contribution in [2.45, 2.75) is 25.2 Å². The molecule has 0 spiro atoms. The molecule has 0 atom stereocenters. The van der Waals surface area contributed by atoms with E-state index in [1.54, 1.807) is 36.4 Å². The van der Waals surface area contributed by atoms with Crippen LogP contribution >= 0.6 is 11.8 Å². The van der Waals surface area contributed by atoms with Gasteiger partial charge in [-0.05, 0) is 42.4 Å². The maximum Gasteiger partial charge on any atom is 0.283 e. The molecule has 0 aliphatic carbocycles. The summed E-state index contributed by atoms with van der Waals surface area (Å²) in [5, 5.41) is 14.2. The lowest BCUT2D eigenvalue weighted by atomic mass is 10.1. The zero-order valence-corrected chi connectivity index (χ0v) is 16.5. The van der Waals surface area contributed by atoms with Gasteiger partial charge in [0.1, 0.15) is 6.54 Å². The lowest BCUT2D eigenvalue weighted by Crippen LogP contribution is -2.42. The van der Waals surface area contributed by atoms with Crippen LogP contribution in [0.3, 0.4) is 0 Å². The minimum Gasteiger partial charge on any atom is -0.323 e. The number of amides is 2. The fourth-order valence-corrected chi connectivity index (χ4v) is 4.14. The molecule has 0 saturated heterocycles. The third-order valence-electron chi connectivity index (χ3n) is 4.37. The van der Waals surface area contributed by atoms with Gasteiger partial charge in [0.15, 0.2) is 0 Å². The van der Waals surface area contributed by atoms with Crippen LogP contribution in [0.1, 0.15) is 30.6 Å². The van der Waals surface area contributed by atoms with Gasteiger partial charge < -0.3 is 5.32 Å². The summed E-state index contributed by atoms with van der Waals surface area (Å²) in [6, 6.07) is 11.5. The van der Waals surface area contributed by atoms with Gasteiger partial charge in [-0.2, -0.15) is 0 Å². The van der Waals surface area contributed by atoms with Gasteiger partial charge in [0, 0.05) is 11.6 Å². The van der Waals surface area contributed by atoms with Crippen molar-refractivity contribution in [1.82, 2.24) is 0 Å². The summed E-state index contributed by atoms with van der Waals surface area (Å²) < 4.78 is 0. The highest BCUT2D eigenvalue weighted by molar-refractivity contribution is 7.99. The van der Waals surface area contributed by atoms with Crippen LogP contribution in [0.4, 0.5) is 17.1 Å². The SMILES string of the molecule is CC(C)CCSc1ccc(C(=O)N2CC(=O)Nc3ccccc32)cc1[N+](=O)[O-]. The number of hydrogen-bond donors (Lipinski definition) is 1. The molecule has 1 heterocycles. The van der Waals surface area contributed by atoms with E-state index < -0.39 is 10.8 Å². The van der Waals surface area contributed by atoms with E-state index in [2.05, 4.69) is 19.2 Å².